The zero-order valence-electron chi connectivity index (χ0n) is 13.5. The van der Waals surface area contributed by atoms with Gasteiger partial charge >= 0.3 is 0 Å². The van der Waals surface area contributed by atoms with Crippen molar-refractivity contribution in [2.24, 2.45) is 11.7 Å². The molecule has 3 unspecified atom stereocenters. The molecule has 0 saturated heterocycles. The zero-order valence-corrected chi connectivity index (χ0v) is 13.5. The summed E-state index contributed by atoms with van der Waals surface area (Å²) < 4.78 is 0. The number of aryl methyl sites for hydroxylation is 2. The minimum Gasteiger partial charge on any atom is -0.329 e. The summed E-state index contributed by atoms with van der Waals surface area (Å²) in [6, 6.07) is 7.82. The predicted octanol–water partition coefficient (Wildman–Crippen LogP) is 3.81. The molecule has 1 aromatic carbocycles. The molecule has 1 fully saturated rings. The molecule has 1 aliphatic carbocycles. The van der Waals surface area contributed by atoms with Gasteiger partial charge in [-0.1, -0.05) is 38.0 Å². The van der Waals surface area contributed by atoms with Gasteiger partial charge in [-0.3, -0.25) is 4.90 Å². The summed E-state index contributed by atoms with van der Waals surface area (Å²) in [5.74, 6) is 0.786. The molecule has 0 aromatic heterocycles. The lowest BCUT2D eigenvalue weighted by Crippen LogP contribution is -2.43. The maximum absolute atomic E-state index is 6.10. The molecule has 20 heavy (non-hydrogen) atoms. The number of rotatable bonds is 4. The second-order valence-electron chi connectivity index (χ2n) is 6.59. The van der Waals surface area contributed by atoms with E-state index < -0.39 is 0 Å². The zero-order chi connectivity index (χ0) is 14.7. The first kappa shape index (κ1) is 15.5. The minimum absolute atomic E-state index is 0.347. The molecule has 0 radical (unpaired) electrons. The van der Waals surface area contributed by atoms with Crippen molar-refractivity contribution < 1.29 is 0 Å². The number of nitrogens with zero attached hydrogens (tertiary/aromatic N) is 1. The third-order valence-electron chi connectivity index (χ3n) is 5.22. The molecule has 2 nitrogen and oxygen atoms in total. The smallest absolute Gasteiger partial charge is 0.0470 e. The topological polar surface area (TPSA) is 29.3 Å². The van der Waals surface area contributed by atoms with E-state index in [1.165, 1.54) is 42.4 Å². The van der Waals surface area contributed by atoms with Gasteiger partial charge in [0.2, 0.25) is 0 Å². The number of hydrogen-bond acceptors (Lipinski definition) is 2. The summed E-state index contributed by atoms with van der Waals surface area (Å²) in [6.07, 6.45) is 5.43. The molecule has 2 N–H and O–H groups in total. The Morgan fingerprint density at radius 3 is 2.50 bits per heavy atom. The second kappa shape index (κ2) is 6.73. The van der Waals surface area contributed by atoms with Gasteiger partial charge in [-0.25, -0.2) is 0 Å². The van der Waals surface area contributed by atoms with Crippen LogP contribution in [0.25, 0.3) is 0 Å². The molecule has 1 aliphatic rings. The Balaban J connectivity index is 2.19. The van der Waals surface area contributed by atoms with E-state index in [0.29, 0.717) is 18.6 Å². The third kappa shape index (κ3) is 3.24. The van der Waals surface area contributed by atoms with Crippen LogP contribution in [0.5, 0.6) is 0 Å². The first-order valence-corrected chi connectivity index (χ1v) is 8.03. The second-order valence-corrected chi connectivity index (χ2v) is 6.59. The van der Waals surface area contributed by atoms with Crippen molar-refractivity contribution in [2.45, 2.75) is 58.5 Å². The van der Waals surface area contributed by atoms with Crippen molar-refractivity contribution in [1.82, 2.24) is 4.90 Å². The quantitative estimate of drug-likeness (QED) is 0.904. The fraction of sp³-hybridized carbons (Fsp3) is 0.667. The molecule has 1 saturated carbocycles. The van der Waals surface area contributed by atoms with E-state index in [1.54, 1.807) is 0 Å². The van der Waals surface area contributed by atoms with Gasteiger partial charge < -0.3 is 5.73 Å². The fourth-order valence-corrected chi connectivity index (χ4v) is 3.64. The molecule has 0 amide bonds. The molecule has 2 heteroatoms. The van der Waals surface area contributed by atoms with Crippen LogP contribution in [-0.2, 0) is 0 Å². The van der Waals surface area contributed by atoms with Gasteiger partial charge in [0.05, 0.1) is 0 Å². The van der Waals surface area contributed by atoms with Crippen LogP contribution in [-0.4, -0.2) is 24.5 Å². The van der Waals surface area contributed by atoms with E-state index >= 15 is 0 Å². The normalized spacial score (nSPS) is 24.9. The van der Waals surface area contributed by atoms with Gasteiger partial charge in [0, 0.05) is 18.6 Å². The van der Waals surface area contributed by atoms with Crippen LogP contribution in [0.15, 0.2) is 18.2 Å². The largest absolute Gasteiger partial charge is 0.329 e. The predicted molar refractivity (Wildman–Crippen MR) is 86.9 cm³/mol. The highest BCUT2D eigenvalue weighted by molar-refractivity contribution is 5.32. The van der Waals surface area contributed by atoms with Crippen molar-refractivity contribution >= 4 is 0 Å². The summed E-state index contributed by atoms with van der Waals surface area (Å²) in [5, 5.41) is 0. The van der Waals surface area contributed by atoms with Crippen molar-refractivity contribution in [3.8, 4) is 0 Å². The molecule has 0 bridgehead atoms. The number of benzene rings is 1. The molecular weight excluding hydrogens is 244 g/mol. The van der Waals surface area contributed by atoms with Crippen LogP contribution in [0.1, 0.15) is 55.3 Å². The summed E-state index contributed by atoms with van der Waals surface area (Å²) >= 11 is 0. The number of hydrogen-bond donors (Lipinski definition) is 1. The Morgan fingerprint density at radius 1 is 1.20 bits per heavy atom. The molecule has 2 rings (SSSR count). The van der Waals surface area contributed by atoms with Crippen molar-refractivity contribution in [3.05, 3.63) is 34.9 Å². The summed E-state index contributed by atoms with van der Waals surface area (Å²) in [7, 11) is 2.26. The molecule has 1 aromatic rings. The standard InChI is InChI=1S/C18H30N2/c1-13-9-10-16(11-15(13)3)18(12-19)20(4)17-8-6-5-7-14(17)2/h9-11,14,17-18H,5-8,12,19H2,1-4H3. The highest BCUT2D eigenvalue weighted by atomic mass is 15.2. The van der Waals surface area contributed by atoms with Gasteiger partial charge in [-0.05, 0) is 56.3 Å². The van der Waals surface area contributed by atoms with Crippen LogP contribution >= 0.6 is 0 Å². The van der Waals surface area contributed by atoms with Gasteiger partial charge in [0.25, 0.3) is 0 Å². The number of likely N-dealkylation sites (N-methyl/N-ethyl adjacent to an activating group) is 1. The number of nitrogens with two attached hydrogens (primary N) is 1. The van der Waals surface area contributed by atoms with Crippen LogP contribution in [0.3, 0.4) is 0 Å². The van der Waals surface area contributed by atoms with E-state index in [2.05, 4.69) is 50.9 Å². The van der Waals surface area contributed by atoms with Crippen molar-refractivity contribution in [2.75, 3.05) is 13.6 Å². The molecule has 0 heterocycles. The van der Waals surface area contributed by atoms with Crippen LogP contribution < -0.4 is 5.73 Å². The SMILES string of the molecule is Cc1ccc(C(CN)N(C)C2CCCCC2C)cc1C. The van der Waals surface area contributed by atoms with Gasteiger partial charge in [-0.15, -0.1) is 0 Å². The highest BCUT2D eigenvalue weighted by Gasteiger charge is 2.29. The van der Waals surface area contributed by atoms with Crippen molar-refractivity contribution in [3.63, 3.8) is 0 Å². The molecule has 3 atom stereocenters. The van der Waals surface area contributed by atoms with Gasteiger partial charge in [0.1, 0.15) is 0 Å². The lowest BCUT2D eigenvalue weighted by Gasteiger charge is -2.40. The Hall–Kier alpha value is -0.860. The van der Waals surface area contributed by atoms with Gasteiger partial charge in [-0.2, -0.15) is 0 Å². The fourth-order valence-electron chi connectivity index (χ4n) is 3.64. The summed E-state index contributed by atoms with van der Waals surface area (Å²) in [4.78, 5) is 2.54. The van der Waals surface area contributed by atoms with Crippen molar-refractivity contribution in [1.29, 1.82) is 0 Å². The maximum atomic E-state index is 6.10. The van der Waals surface area contributed by atoms with E-state index in [-0.39, 0.29) is 0 Å². The average Bonchev–Trinajstić information content (AvgIpc) is 2.44. The lowest BCUT2D eigenvalue weighted by atomic mass is 9.84. The Bertz CT molecular complexity index is 441. The van der Waals surface area contributed by atoms with E-state index in [1.807, 2.05) is 0 Å². The molecule has 0 aliphatic heterocycles. The Labute approximate surface area is 124 Å². The molecule has 0 spiro atoms. The van der Waals surface area contributed by atoms with Gasteiger partial charge in [0.15, 0.2) is 0 Å². The van der Waals surface area contributed by atoms with Crippen LogP contribution in [0.2, 0.25) is 0 Å². The monoisotopic (exact) mass is 274 g/mol. The highest BCUT2D eigenvalue weighted by Crippen LogP contribution is 2.32. The van der Waals surface area contributed by atoms with Crippen LogP contribution in [0.4, 0.5) is 0 Å². The summed E-state index contributed by atoms with van der Waals surface area (Å²) in [5.41, 5.74) is 10.2. The Morgan fingerprint density at radius 2 is 1.90 bits per heavy atom. The molecular formula is C18H30N2. The van der Waals surface area contributed by atoms with E-state index in [9.17, 15) is 0 Å². The Kier molecular flexibility index (Phi) is 5.22. The first-order chi connectivity index (χ1) is 9.54. The maximum Gasteiger partial charge on any atom is 0.0470 e. The summed E-state index contributed by atoms with van der Waals surface area (Å²) in [6.45, 7) is 7.45. The first-order valence-electron chi connectivity index (χ1n) is 8.03. The average molecular weight is 274 g/mol. The van der Waals surface area contributed by atoms with E-state index in [0.717, 1.165) is 5.92 Å². The third-order valence-corrected chi connectivity index (χ3v) is 5.22. The minimum atomic E-state index is 0.347. The lowest BCUT2D eigenvalue weighted by molar-refractivity contribution is 0.0992. The molecule has 112 valence electrons. The van der Waals surface area contributed by atoms with Crippen LogP contribution in [0, 0.1) is 19.8 Å². The van der Waals surface area contributed by atoms with E-state index in [4.69, 9.17) is 5.73 Å².